The van der Waals surface area contributed by atoms with Crippen LogP contribution in [-0.2, 0) is 11.3 Å². The summed E-state index contributed by atoms with van der Waals surface area (Å²) in [6, 6.07) is 0. The molecule has 0 aromatic carbocycles. The molecule has 3 heterocycles. The molecule has 0 radical (unpaired) electrons. The fourth-order valence-electron chi connectivity index (χ4n) is 2.57. The SMILES string of the molecule is CC1(O)[C@H](Cn2cnc3c(N)ncnc32)O[C@H](CO)[C@@H]1O. The first-order valence-corrected chi connectivity index (χ1v) is 6.53. The molecule has 2 aromatic rings. The Morgan fingerprint density at radius 3 is 2.86 bits per heavy atom. The minimum Gasteiger partial charge on any atom is -0.394 e. The van der Waals surface area contributed by atoms with Crippen molar-refractivity contribution in [1.29, 1.82) is 0 Å². The van der Waals surface area contributed by atoms with E-state index in [2.05, 4.69) is 15.0 Å². The van der Waals surface area contributed by atoms with Crippen molar-refractivity contribution < 1.29 is 20.1 Å². The number of aliphatic hydroxyl groups excluding tert-OH is 2. The highest BCUT2D eigenvalue weighted by atomic mass is 16.6. The molecular formula is C12H17N5O4. The molecule has 1 aliphatic heterocycles. The summed E-state index contributed by atoms with van der Waals surface area (Å²) in [4.78, 5) is 12.1. The van der Waals surface area contributed by atoms with Gasteiger partial charge in [-0.1, -0.05) is 0 Å². The van der Waals surface area contributed by atoms with Crippen LogP contribution in [0.4, 0.5) is 5.82 Å². The number of imidazole rings is 1. The van der Waals surface area contributed by atoms with E-state index in [1.807, 2.05) is 0 Å². The van der Waals surface area contributed by atoms with E-state index in [9.17, 15) is 10.2 Å². The summed E-state index contributed by atoms with van der Waals surface area (Å²) in [5.41, 5.74) is 5.22. The molecule has 4 atom stereocenters. The molecule has 0 saturated carbocycles. The summed E-state index contributed by atoms with van der Waals surface area (Å²) < 4.78 is 7.18. The maximum atomic E-state index is 10.4. The minimum absolute atomic E-state index is 0.216. The smallest absolute Gasteiger partial charge is 0.165 e. The van der Waals surface area contributed by atoms with Gasteiger partial charge in [-0.05, 0) is 6.92 Å². The standard InChI is InChI=1S/C12H17N5O4/c1-12(20)7(21-6(3-18)9(12)19)2-17-5-16-8-10(13)14-4-15-11(8)17/h4-7,9,18-20H,2-3H2,1H3,(H2,13,14,15)/t6-,7+,9+,12?/m1/s1. The fraction of sp³-hybridized carbons (Fsp3) is 0.583. The molecule has 1 saturated heterocycles. The Morgan fingerprint density at radius 2 is 2.19 bits per heavy atom. The van der Waals surface area contributed by atoms with E-state index < -0.39 is 23.9 Å². The number of fused-ring (bicyclic) bond motifs is 1. The normalized spacial score (nSPS) is 32.9. The van der Waals surface area contributed by atoms with Gasteiger partial charge < -0.3 is 30.4 Å². The quantitative estimate of drug-likeness (QED) is 0.524. The van der Waals surface area contributed by atoms with Crippen LogP contribution >= 0.6 is 0 Å². The zero-order chi connectivity index (χ0) is 15.2. The lowest BCUT2D eigenvalue weighted by atomic mass is 9.93. The summed E-state index contributed by atoms with van der Waals surface area (Å²) in [7, 11) is 0. The third-order valence-electron chi connectivity index (χ3n) is 3.91. The predicted molar refractivity (Wildman–Crippen MR) is 72.1 cm³/mol. The number of rotatable bonds is 3. The highest BCUT2D eigenvalue weighted by molar-refractivity contribution is 5.81. The number of ether oxygens (including phenoxy) is 1. The Morgan fingerprint density at radius 1 is 1.43 bits per heavy atom. The minimum atomic E-state index is -1.48. The number of anilines is 1. The average Bonchev–Trinajstić information content (AvgIpc) is 2.95. The molecule has 9 nitrogen and oxygen atoms in total. The summed E-state index contributed by atoms with van der Waals surface area (Å²) >= 11 is 0. The molecule has 1 fully saturated rings. The molecule has 21 heavy (non-hydrogen) atoms. The van der Waals surface area contributed by atoms with Crippen molar-refractivity contribution in [2.45, 2.75) is 37.4 Å². The Labute approximate surface area is 120 Å². The van der Waals surface area contributed by atoms with Gasteiger partial charge in [0.05, 0.1) is 19.5 Å². The third-order valence-corrected chi connectivity index (χ3v) is 3.91. The fourth-order valence-corrected chi connectivity index (χ4v) is 2.57. The first-order chi connectivity index (χ1) is 9.95. The number of hydrogen-bond acceptors (Lipinski definition) is 8. The van der Waals surface area contributed by atoms with E-state index in [1.165, 1.54) is 19.6 Å². The van der Waals surface area contributed by atoms with Gasteiger partial charge in [-0.3, -0.25) is 0 Å². The Hall–Kier alpha value is -1.81. The third kappa shape index (κ3) is 2.14. The van der Waals surface area contributed by atoms with Gasteiger partial charge in [-0.15, -0.1) is 0 Å². The van der Waals surface area contributed by atoms with E-state index in [0.29, 0.717) is 11.2 Å². The molecule has 0 aliphatic carbocycles. The van der Waals surface area contributed by atoms with Crippen LogP contribution in [0.5, 0.6) is 0 Å². The molecule has 114 valence electrons. The molecule has 0 bridgehead atoms. The van der Waals surface area contributed by atoms with E-state index in [-0.39, 0.29) is 19.0 Å². The molecule has 1 unspecified atom stereocenters. The van der Waals surface area contributed by atoms with Gasteiger partial charge in [-0.25, -0.2) is 15.0 Å². The van der Waals surface area contributed by atoms with Crippen molar-refractivity contribution in [1.82, 2.24) is 19.5 Å². The molecule has 5 N–H and O–H groups in total. The van der Waals surface area contributed by atoms with Crippen molar-refractivity contribution in [3.63, 3.8) is 0 Å². The van der Waals surface area contributed by atoms with Crippen LogP contribution in [0.3, 0.4) is 0 Å². The van der Waals surface area contributed by atoms with E-state index in [4.69, 9.17) is 15.6 Å². The molecule has 1 aliphatic rings. The zero-order valence-corrected chi connectivity index (χ0v) is 11.4. The van der Waals surface area contributed by atoms with Crippen LogP contribution in [0.25, 0.3) is 11.2 Å². The number of aromatic nitrogens is 4. The van der Waals surface area contributed by atoms with Crippen molar-refractivity contribution in [2.24, 2.45) is 0 Å². The second-order valence-electron chi connectivity index (χ2n) is 5.34. The van der Waals surface area contributed by atoms with Crippen LogP contribution in [0, 0.1) is 0 Å². The number of nitrogen functional groups attached to an aromatic ring is 1. The van der Waals surface area contributed by atoms with Gasteiger partial charge in [0, 0.05) is 0 Å². The summed E-state index contributed by atoms with van der Waals surface area (Å²) in [5, 5.41) is 29.5. The van der Waals surface area contributed by atoms with E-state index in [0.717, 1.165) is 0 Å². The highest BCUT2D eigenvalue weighted by Crippen LogP contribution is 2.32. The highest BCUT2D eigenvalue weighted by Gasteiger charge is 2.51. The van der Waals surface area contributed by atoms with E-state index >= 15 is 0 Å². The van der Waals surface area contributed by atoms with Crippen LogP contribution in [-0.4, -0.2) is 65.4 Å². The number of nitrogens with two attached hydrogens (primary N) is 1. The lowest BCUT2D eigenvalue weighted by Crippen LogP contribution is -2.47. The molecule has 3 rings (SSSR count). The molecular weight excluding hydrogens is 278 g/mol. The summed E-state index contributed by atoms with van der Waals surface area (Å²) in [6.07, 6.45) is 0.155. The van der Waals surface area contributed by atoms with Crippen molar-refractivity contribution in [2.75, 3.05) is 12.3 Å². The summed E-state index contributed by atoms with van der Waals surface area (Å²) in [5.74, 6) is 0.270. The molecule has 2 aromatic heterocycles. The van der Waals surface area contributed by atoms with Crippen LogP contribution in [0.15, 0.2) is 12.7 Å². The Bertz CT molecular complexity index is 658. The molecule has 9 heteroatoms. The van der Waals surface area contributed by atoms with Crippen molar-refractivity contribution >= 4 is 17.0 Å². The van der Waals surface area contributed by atoms with Crippen LogP contribution in [0.2, 0.25) is 0 Å². The predicted octanol–water partition coefficient (Wildman–Crippen LogP) is -1.72. The maximum Gasteiger partial charge on any atom is 0.165 e. The largest absolute Gasteiger partial charge is 0.394 e. The van der Waals surface area contributed by atoms with Crippen molar-refractivity contribution in [3.8, 4) is 0 Å². The first-order valence-electron chi connectivity index (χ1n) is 6.53. The summed E-state index contributed by atoms with van der Waals surface area (Å²) in [6.45, 7) is 1.32. The van der Waals surface area contributed by atoms with Gasteiger partial charge >= 0.3 is 0 Å². The second-order valence-corrected chi connectivity index (χ2v) is 5.34. The number of nitrogens with zero attached hydrogens (tertiary/aromatic N) is 4. The first kappa shape index (κ1) is 14.1. The number of hydrogen-bond donors (Lipinski definition) is 4. The Balaban J connectivity index is 1.90. The van der Waals surface area contributed by atoms with Gasteiger partial charge in [-0.2, -0.15) is 0 Å². The average molecular weight is 295 g/mol. The zero-order valence-electron chi connectivity index (χ0n) is 11.4. The van der Waals surface area contributed by atoms with E-state index in [1.54, 1.807) is 4.57 Å². The molecule has 0 amide bonds. The van der Waals surface area contributed by atoms with Crippen LogP contribution in [0.1, 0.15) is 6.92 Å². The lowest BCUT2D eigenvalue weighted by molar-refractivity contribution is -0.0678. The lowest BCUT2D eigenvalue weighted by Gasteiger charge is -2.26. The van der Waals surface area contributed by atoms with Gasteiger partial charge in [0.1, 0.15) is 35.8 Å². The Kier molecular flexibility index (Phi) is 3.29. The topological polar surface area (TPSA) is 140 Å². The van der Waals surface area contributed by atoms with Gasteiger partial charge in [0.25, 0.3) is 0 Å². The monoisotopic (exact) mass is 295 g/mol. The van der Waals surface area contributed by atoms with Crippen molar-refractivity contribution in [3.05, 3.63) is 12.7 Å². The molecule has 0 spiro atoms. The maximum absolute atomic E-state index is 10.4. The van der Waals surface area contributed by atoms with Gasteiger partial charge in [0.2, 0.25) is 0 Å². The second kappa shape index (κ2) is 4.88. The van der Waals surface area contributed by atoms with Gasteiger partial charge in [0.15, 0.2) is 11.5 Å². The number of aliphatic hydroxyl groups is 3. The van der Waals surface area contributed by atoms with Crippen LogP contribution < -0.4 is 5.73 Å².